The summed E-state index contributed by atoms with van der Waals surface area (Å²) in [5, 5.41) is 3.42. The lowest BCUT2D eigenvalue weighted by Gasteiger charge is -2.03. The minimum Gasteiger partial charge on any atom is -0.311 e. The van der Waals surface area contributed by atoms with Gasteiger partial charge < -0.3 is 5.32 Å². The van der Waals surface area contributed by atoms with Crippen LogP contribution in [-0.2, 0) is 6.54 Å². The van der Waals surface area contributed by atoms with Gasteiger partial charge in [0.1, 0.15) is 0 Å². The molecule has 92 valence electrons. The van der Waals surface area contributed by atoms with E-state index < -0.39 is 0 Å². The summed E-state index contributed by atoms with van der Waals surface area (Å²) in [4.78, 5) is 4.26. The largest absolute Gasteiger partial charge is 0.311 e. The Labute approximate surface area is 105 Å². The van der Waals surface area contributed by atoms with Crippen LogP contribution in [0.2, 0.25) is 0 Å². The van der Waals surface area contributed by atoms with Crippen LogP contribution < -0.4 is 5.32 Å². The molecule has 0 atom stereocenters. The molecule has 2 nitrogen and oxygen atoms in total. The highest BCUT2D eigenvalue weighted by Gasteiger charge is 1.92. The molecule has 1 aromatic heterocycles. The Bertz CT molecular complexity index is 239. The van der Waals surface area contributed by atoms with Gasteiger partial charge >= 0.3 is 0 Å². The first-order chi connectivity index (χ1) is 7.43. The molecule has 0 saturated carbocycles. The van der Waals surface area contributed by atoms with Crippen LogP contribution in [-0.4, -0.2) is 11.5 Å². The molecule has 0 radical (unpaired) electrons. The number of nitrogens with one attached hydrogen (secondary N) is 1. The van der Waals surface area contributed by atoms with Crippen molar-refractivity contribution in [3.05, 3.63) is 30.1 Å². The van der Waals surface area contributed by atoms with E-state index in [-0.39, 0.29) is 12.4 Å². The number of hydrogen-bond acceptors (Lipinski definition) is 2. The fraction of sp³-hybridized carbons (Fsp3) is 0.615. The third-order valence-electron chi connectivity index (χ3n) is 2.49. The zero-order chi connectivity index (χ0) is 10.8. The standard InChI is InChI=1S/C13H22N2.ClH/c1-2-3-4-5-7-10-14-12-13-9-6-8-11-15-13;/h6,8-9,11,14H,2-5,7,10,12H2,1H3;1H. The van der Waals surface area contributed by atoms with Gasteiger partial charge in [0.2, 0.25) is 0 Å². The SMILES string of the molecule is CCCCCCCNCc1ccccn1.Cl. The summed E-state index contributed by atoms with van der Waals surface area (Å²) in [6.45, 7) is 4.26. The zero-order valence-corrected chi connectivity index (χ0v) is 10.9. The van der Waals surface area contributed by atoms with Crippen LogP contribution in [0.25, 0.3) is 0 Å². The van der Waals surface area contributed by atoms with Crippen LogP contribution in [0.15, 0.2) is 24.4 Å². The van der Waals surface area contributed by atoms with Crippen molar-refractivity contribution < 1.29 is 0 Å². The van der Waals surface area contributed by atoms with Gasteiger partial charge in [-0.15, -0.1) is 12.4 Å². The van der Waals surface area contributed by atoms with Crippen LogP contribution in [0.4, 0.5) is 0 Å². The Morgan fingerprint density at radius 1 is 1.12 bits per heavy atom. The van der Waals surface area contributed by atoms with Gasteiger partial charge in [0.15, 0.2) is 0 Å². The number of hydrogen-bond donors (Lipinski definition) is 1. The van der Waals surface area contributed by atoms with E-state index in [2.05, 4.69) is 23.3 Å². The molecule has 16 heavy (non-hydrogen) atoms. The summed E-state index contributed by atoms with van der Waals surface area (Å²) >= 11 is 0. The normalized spacial score (nSPS) is 9.81. The third kappa shape index (κ3) is 7.66. The summed E-state index contributed by atoms with van der Waals surface area (Å²) in [7, 11) is 0. The maximum absolute atomic E-state index is 4.26. The Balaban J connectivity index is 0.00000225. The van der Waals surface area contributed by atoms with Gasteiger partial charge in [-0.3, -0.25) is 4.98 Å². The van der Waals surface area contributed by atoms with Gasteiger partial charge in [0, 0.05) is 12.7 Å². The lowest BCUT2D eigenvalue weighted by atomic mass is 10.1. The van der Waals surface area contributed by atoms with E-state index in [4.69, 9.17) is 0 Å². The van der Waals surface area contributed by atoms with Crippen molar-refractivity contribution in [3.63, 3.8) is 0 Å². The van der Waals surface area contributed by atoms with Crippen molar-refractivity contribution in [2.45, 2.75) is 45.6 Å². The number of halogens is 1. The molecule has 0 bridgehead atoms. The van der Waals surface area contributed by atoms with Crippen LogP contribution in [0.5, 0.6) is 0 Å². The maximum atomic E-state index is 4.26. The highest BCUT2D eigenvalue weighted by atomic mass is 35.5. The summed E-state index contributed by atoms with van der Waals surface area (Å²) < 4.78 is 0. The zero-order valence-electron chi connectivity index (χ0n) is 10.1. The summed E-state index contributed by atoms with van der Waals surface area (Å²) in [5.74, 6) is 0. The first-order valence-electron chi connectivity index (χ1n) is 6.04. The Kier molecular flexibility index (Phi) is 10.5. The van der Waals surface area contributed by atoms with Crippen molar-refractivity contribution in [1.82, 2.24) is 10.3 Å². The molecule has 0 saturated heterocycles. The van der Waals surface area contributed by atoms with E-state index in [1.165, 1.54) is 32.1 Å². The molecule has 0 aliphatic rings. The predicted molar refractivity (Wildman–Crippen MR) is 72.0 cm³/mol. The van der Waals surface area contributed by atoms with E-state index in [9.17, 15) is 0 Å². The van der Waals surface area contributed by atoms with Crippen LogP contribution >= 0.6 is 12.4 Å². The number of pyridine rings is 1. The van der Waals surface area contributed by atoms with Gasteiger partial charge in [-0.05, 0) is 25.1 Å². The van der Waals surface area contributed by atoms with Gasteiger partial charge in [-0.2, -0.15) is 0 Å². The second-order valence-corrected chi connectivity index (χ2v) is 3.91. The van der Waals surface area contributed by atoms with E-state index in [1.54, 1.807) is 0 Å². The quantitative estimate of drug-likeness (QED) is 0.705. The van der Waals surface area contributed by atoms with Crippen LogP contribution in [0.1, 0.15) is 44.7 Å². The Hall–Kier alpha value is -0.600. The number of nitrogens with zero attached hydrogens (tertiary/aromatic N) is 1. The predicted octanol–water partition coefficient (Wildman–Crippen LogP) is 3.56. The van der Waals surface area contributed by atoms with Gasteiger partial charge in [-0.25, -0.2) is 0 Å². The molecule has 1 heterocycles. The molecule has 0 amide bonds. The molecule has 0 aromatic carbocycles. The average molecular weight is 243 g/mol. The third-order valence-corrected chi connectivity index (χ3v) is 2.49. The molecule has 0 fully saturated rings. The molecule has 1 N–H and O–H groups in total. The number of unbranched alkanes of at least 4 members (excludes halogenated alkanes) is 4. The smallest absolute Gasteiger partial charge is 0.0541 e. The lowest BCUT2D eigenvalue weighted by Crippen LogP contribution is -2.15. The Morgan fingerprint density at radius 2 is 1.94 bits per heavy atom. The topological polar surface area (TPSA) is 24.9 Å². The van der Waals surface area contributed by atoms with Crippen LogP contribution in [0.3, 0.4) is 0 Å². The maximum Gasteiger partial charge on any atom is 0.0541 e. The molecule has 3 heteroatoms. The average Bonchev–Trinajstić information content (AvgIpc) is 2.29. The number of aromatic nitrogens is 1. The molecule has 0 spiro atoms. The van der Waals surface area contributed by atoms with Crippen molar-refractivity contribution in [1.29, 1.82) is 0 Å². The number of rotatable bonds is 8. The molecular weight excluding hydrogens is 220 g/mol. The summed E-state index contributed by atoms with van der Waals surface area (Å²) in [6, 6.07) is 6.05. The second kappa shape index (κ2) is 10.9. The second-order valence-electron chi connectivity index (χ2n) is 3.91. The molecule has 0 aliphatic heterocycles. The highest BCUT2D eigenvalue weighted by molar-refractivity contribution is 5.85. The lowest BCUT2D eigenvalue weighted by molar-refractivity contribution is 0.580. The minimum atomic E-state index is 0. The summed E-state index contributed by atoms with van der Waals surface area (Å²) in [5.41, 5.74) is 1.13. The monoisotopic (exact) mass is 242 g/mol. The van der Waals surface area contributed by atoms with E-state index >= 15 is 0 Å². The molecule has 0 unspecified atom stereocenters. The van der Waals surface area contributed by atoms with E-state index in [1.807, 2.05) is 18.3 Å². The van der Waals surface area contributed by atoms with Gasteiger partial charge in [0.25, 0.3) is 0 Å². The molecule has 1 rings (SSSR count). The first kappa shape index (κ1) is 15.4. The molecule has 1 aromatic rings. The van der Waals surface area contributed by atoms with Crippen molar-refractivity contribution in [3.8, 4) is 0 Å². The van der Waals surface area contributed by atoms with Crippen LogP contribution in [0, 0.1) is 0 Å². The molecule has 0 aliphatic carbocycles. The van der Waals surface area contributed by atoms with E-state index in [0.29, 0.717) is 0 Å². The van der Waals surface area contributed by atoms with E-state index in [0.717, 1.165) is 18.8 Å². The van der Waals surface area contributed by atoms with Crippen molar-refractivity contribution in [2.24, 2.45) is 0 Å². The minimum absolute atomic E-state index is 0. The first-order valence-corrected chi connectivity index (χ1v) is 6.04. The fourth-order valence-electron chi connectivity index (χ4n) is 1.57. The Morgan fingerprint density at radius 3 is 2.62 bits per heavy atom. The van der Waals surface area contributed by atoms with Crippen molar-refractivity contribution in [2.75, 3.05) is 6.54 Å². The van der Waals surface area contributed by atoms with Gasteiger partial charge in [-0.1, -0.05) is 38.7 Å². The molecular formula is C13H23ClN2. The van der Waals surface area contributed by atoms with Gasteiger partial charge in [0.05, 0.1) is 5.69 Å². The van der Waals surface area contributed by atoms with Crippen molar-refractivity contribution >= 4 is 12.4 Å². The summed E-state index contributed by atoms with van der Waals surface area (Å²) in [6.07, 6.45) is 8.55. The fourth-order valence-corrected chi connectivity index (χ4v) is 1.57. The highest BCUT2D eigenvalue weighted by Crippen LogP contribution is 2.01.